The summed E-state index contributed by atoms with van der Waals surface area (Å²) in [6.45, 7) is 5.52. The van der Waals surface area contributed by atoms with Crippen LogP contribution in [0.3, 0.4) is 0 Å². The molecular formula is C29H34N4O5. The number of pyridine rings is 1. The Kier molecular flexibility index (Phi) is 8.38. The largest absolute Gasteiger partial charge is 0.443 e. The molecule has 3 amide bonds. The Balaban J connectivity index is 1.43. The van der Waals surface area contributed by atoms with E-state index in [0.29, 0.717) is 25.1 Å². The first-order valence-corrected chi connectivity index (χ1v) is 12.8. The monoisotopic (exact) mass is 518 g/mol. The second-order valence-electron chi connectivity index (χ2n) is 10.5. The summed E-state index contributed by atoms with van der Waals surface area (Å²) in [5, 5.41) is 17.0. The van der Waals surface area contributed by atoms with E-state index in [1.165, 1.54) is 6.20 Å². The van der Waals surface area contributed by atoms with Gasteiger partial charge in [0.1, 0.15) is 11.7 Å². The lowest BCUT2D eigenvalue weighted by Gasteiger charge is -2.28. The van der Waals surface area contributed by atoms with Crippen molar-refractivity contribution in [2.45, 2.75) is 63.8 Å². The average molecular weight is 519 g/mol. The van der Waals surface area contributed by atoms with Crippen molar-refractivity contribution < 1.29 is 24.2 Å². The molecule has 38 heavy (non-hydrogen) atoms. The highest BCUT2D eigenvalue weighted by Gasteiger charge is 2.38. The molecule has 9 heteroatoms. The van der Waals surface area contributed by atoms with Gasteiger partial charge in [0.2, 0.25) is 5.91 Å². The second kappa shape index (κ2) is 11.7. The first kappa shape index (κ1) is 27.2. The number of hydrogen-bond acceptors (Lipinski definition) is 7. The van der Waals surface area contributed by atoms with Crippen LogP contribution in [-0.4, -0.2) is 58.3 Å². The minimum absolute atomic E-state index is 0.260. The molecule has 200 valence electrons. The van der Waals surface area contributed by atoms with Crippen molar-refractivity contribution in [3.8, 4) is 0 Å². The van der Waals surface area contributed by atoms with E-state index < -0.39 is 35.7 Å². The van der Waals surface area contributed by atoms with Crippen molar-refractivity contribution >= 4 is 34.5 Å². The van der Waals surface area contributed by atoms with Gasteiger partial charge < -0.3 is 20.5 Å². The highest BCUT2D eigenvalue weighted by atomic mass is 16.6. The summed E-state index contributed by atoms with van der Waals surface area (Å²) < 4.78 is 5.54. The third kappa shape index (κ3) is 6.93. The van der Waals surface area contributed by atoms with Gasteiger partial charge in [-0.2, -0.15) is 0 Å². The predicted octanol–water partition coefficient (Wildman–Crippen LogP) is 3.34. The summed E-state index contributed by atoms with van der Waals surface area (Å²) in [6, 6.07) is 17.7. The van der Waals surface area contributed by atoms with Crippen molar-refractivity contribution in [1.82, 2.24) is 15.6 Å². The zero-order chi connectivity index (χ0) is 27.3. The van der Waals surface area contributed by atoms with Crippen molar-refractivity contribution in [2.24, 2.45) is 0 Å². The van der Waals surface area contributed by atoms with Crippen LogP contribution < -0.4 is 15.5 Å². The molecule has 1 aliphatic rings. The van der Waals surface area contributed by atoms with Gasteiger partial charge in [-0.25, -0.2) is 9.69 Å². The number of para-hydroxylation sites is 1. The number of hydrogen-bond donors (Lipinski definition) is 3. The van der Waals surface area contributed by atoms with Gasteiger partial charge in [0.15, 0.2) is 0 Å². The Hall–Kier alpha value is -3.82. The van der Waals surface area contributed by atoms with Gasteiger partial charge >= 0.3 is 6.09 Å². The molecule has 9 nitrogen and oxygen atoms in total. The minimum atomic E-state index is -1.16. The molecule has 0 unspecified atom stereocenters. The first-order chi connectivity index (χ1) is 18.1. The summed E-state index contributed by atoms with van der Waals surface area (Å²) in [6.07, 6.45) is 0.638. The summed E-state index contributed by atoms with van der Waals surface area (Å²) in [5.41, 5.74) is 1.27. The van der Waals surface area contributed by atoms with Crippen LogP contribution in [-0.2, 0) is 20.7 Å². The molecule has 3 atom stereocenters. The molecular weight excluding hydrogens is 484 g/mol. The highest BCUT2D eigenvalue weighted by molar-refractivity contribution is 6.15. The molecule has 2 aromatic carbocycles. The Bertz CT molecular complexity index is 1290. The maximum atomic E-state index is 13.6. The van der Waals surface area contributed by atoms with Crippen LogP contribution in [0.4, 0.5) is 10.5 Å². The number of anilines is 1. The topological polar surface area (TPSA) is 121 Å². The lowest BCUT2D eigenvalue weighted by Crippen LogP contribution is -2.48. The molecule has 2 heterocycles. The van der Waals surface area contributed by atoms with Gasteiger partial charge in [0.05, 0.1) is 23.4 Å². The lowest BCUT2D eigenvalue weighted by molar-refractivity contribution is -0.130. The number of aliphatic hydroxyl groups excluding tert-OH is 1. The first-order valence-electron chi connectivity index (χ1n) is 12.8. The fraction of sp³-hybridized carbons (Fsp3) is 0.379. The Morgan fingerprint density at radius 3 is 2.58 bits per heavy atom. The second-order valence-corrected chi connectivity index (χ2v) is 10.5. The fourth-order valence-corrected chi connectivity index (χ4v) is 4.38. The van der Waals surface area contributed by atoms with Crippen LogP contribution in [0.2, 0.25) is 0 Å². The van der Waals surface area contributed by atoms with Crippen molar-refractivity contribution in [3.63, 3.8) is 0 Å². The van der Waals surface area contributed by atoms with Gasteiger partial charge in [-0.1, -0.05) is 48.5 Å². The van der Waals surface area contributed by atoms with Crippen LogP contribution in [0.5, 0.6) is 0 Å². The van der Waals surface area contributed by atoms with Crippen molar-refractivity contribution in [2.75, 3.05) is 11.4 Å². The number of aliphatic hydroxyl groups is 1. The number of benzene rings is 2. The van der Waals surface area contributed by atoms with Gasteiger partial charge in [-0.05, 0) is 57.7 Å². The maximum Gasteiger partial charge on any atom is 0.421 e. The molecule has 4 rings (SSSR count). The Morgan fingerprint density at radius 1 is 1.13 bits per heavy atom. The molecule has 1 aliphatic heterocycles. The Labute approximate surface area is 222 Å². The van der Waals surface area contributed by atoms with E-state index in [-0.39, 0.29) is 12.5 Å². The highest BCUT2D eigenvalue weighted by Crippen LogP contribution is 2.24. The summed E-state index contributed by atoms with van der Waals surface area (Å²) in [4.78, 5) is 44.7. The van der Waals surface area contributed by atoms with Crippen LogP contribution in [0.15, 0.2) is 66.9 Å². The molecule has 3 aromatic rings. The smallest absolute Gasteiger partial charge is 0.421 e. The molecule has 0 spiro atoms. The predicted molar refractivity (Wildman–Crippen MR) is 145 cm³/mol. The number of rotatable bonds is 7. The van der Waals surface area contributed by atoms with Crippen LogP contribution in [0.25, 0.3) is 10.9 Å². The quantitative estimate of drug-likeness (QED) is 0.439. The van der Waals surface area contributed by atoms with Crippen molar-refractivity contribution in [3.05, 3.63) is 72.4 Å². The van der Waals surface area contributed by atoms with Gasteiger partial charge in [0, 0.05) is 18.0 Å². The molecule has 0 aliphatic carbocycles. The number of imide groups is 1. The molecule has 1 saturated heterocycles. The van der Waals surface area contributed by atoms with Crippen LogP contribution >= 0.6 is 0 Å². The summed E-state index contributed by atoms with van der Waals surface area (Å²) in [5.74, 6) is -0.985. The summed E-state index contributed by atoms with van der Waals surface area (Å²) in [7, 11) is 0. The Morgan fingerprint density at radius 2 is 1.84 bits per heavy atom. The van der Waals surface area contributed by atoms with Gasteiger partial charge in [-0.15, -0.1) is 0 Å². The zero-order valence-corrected chi connectivity index (χ0v) is 21.9. The molecule has 0 bridgehead atoms. The number of nitrogens with one attached hydrogen (secondary N) is 2. The number of carbonyl (C=O) groups excluding carboxylic acids is 3. The molecule has 1 aromatic heterocycles. The number of aromatic nitrogens is 1. The number of fused-ring (bicyclic) bond motifs is 1. The fourth-order valence-electron chi connectivity index (χ4n) is 4.38. The van der Waals surface area contributed by atoms with Gasteiger partial charge in [0.25, 0.3) is 5.91 Å². The van der Waals surface area contributed by atoms with E-state index in [4.69, 9.17) is 4.74 Å². The van der Waals surface area contributed by atoms with E-state index in [9.17, 15) is 19.5 Å². The number of carbonyl (C=O) groups is 3. The molecule has 1 fully saturated rings. The minimum Gasteiger partial charge on any atom is -0.443 e. The summed E-state index contributed by atoms with van der Waals surface area (Å²) >= 11 is 0. The van der Waals surface area contributed by atoms with Gasteiger partial charge in [-0.3, -0.25) is 14.6 Å². The van der Waals surface area contributed by atoms with E-state index in [2.05, 4.69) is 15.6 Å². The molecule has 0 radical (unpaired) electrons. The van der Waals surface area contributed by atoms with E-state index in [0.717, 1.165) is 21.4 Å². The number of ether oxygens (including phenoxy) is 1. The standard InChI is InChI=1S/C29H34N4O5/c1-29(2,3)38-28(37)33(22-15-20-11-7-8-12-23(20)31-18-22)27(36)24-16-21(17-30-24)32-26(35)25(34)14-13-19-9-5-4-6-10-19/h4-12,15,18,21,24-25,30,34H,13-14,16-17H2,1-3H3,(H,32,35)/t21-,24+,25-/m1/s1. The number of amides is 3. The lowest BCUT2D eigenvalue weighted by atomic mass is 10.1. The van der Waals surface area contributed by atoms with E-state index >= 15 is 0 Å². The average Bonchev–Trinajstić information content (AvgIpc) is 3.35. The maximum absolute atomic E-state index is 13.6. The zero-order valence-electron chi connectivity index (χ0n) is 21.9. The van der Waals surface area contributed by atoms with E-state index in [1.54, 1.807) is 26.8 Å². The van der Waals surface area contributed by atoms with Crippen LogP contribution in [0.1, 0.15) is 39.2 Å². The SMILES string of the molecule is CC(C)(C)OC(=O)N(C(=O)[C@@H]1C[C@@H](NC(=O)[C@H](O)CCc2ccccc2)CN1)c1cnc2ccccc2c1. The van der Waals surface area contributed by atoms with E-state index in [1.807, 2.05) is 54.6 Å². The number of aryl methyl sites for hydroxylation is 1. The van der Waals surface area contributed by atoms with Crippen LogP contribution in [0, 0.1) is 0 Å². The normalized spacial score (nSPS) is 18.1. The molecule has 3 N–H and O–H groups in total. The molecule has 0 saturated carbocycles. The third-order valence-corrected chi connectivity index (χ3v) is 6.26. The van der Waals surface area contributed by atoms with Crippen molar-refractivity contribution in [1.29, 1.82) is 0 Å². The third-order valence-electron chi connectivity index (χ3n) is 6.26. The number of nitrogens with zero attached hydrogens (tertiary/aromatic N) is 2.